The molecule has 0 spiro atoms. The normalized spacial score (nSPS) is 12.2. The molecule has 0 aliphatic rings. The molecule has 3 aromatic carbocycles. The maximum atomic E-state index is 12.0. The third kappa shape index (κ3) is 6.51. The summed E-state index contributed by atoms with van der Waals surface area (Å²) in [7, 11) is 3.05. The number of methoxy groups -OCH3 is 2. The molecule has 0 N–H and O–H groups in total. The Hall–Kier alpha value is -4.00. The number of hydrogen-bond acceptors (Lipinski definition) is 7. The number of ether oxygens (including phenoxy) is 5. The maximum absolute atomic E-state index is 12.0. The Labute approximate surface area is 199 Å². The van der Waals surface area contributed by atoms with E-state index in [9.17, 15) is 9.59 Å². The van der Waals surface area contributed by atoms with E-state index in [-0.39, 0.29) is 0 Å². The molecule has 34 heavy (non-hydrogen) atoms. The fourth-order valence-corrected chi connectivity index (χ4v) is 3.49. The van der Waals surface area contributed by atoms with Crippen LogP contribution in [0.5, 0.6) is 17.2 Å². The third-order valence-electron chi connectivity index (χ3n) is 5.05. The quantitative estimate of drug-likeness (QED) is 0.382. The maximum Gasteiger partial charge on any atom is 0.303 e. The first-order chi connectivity index (χ1) is 16.4. The minimum absolute atomic E-state index is 0.426. The van der Waals surface area contributed by atoms with Crippen LogP contribution in [0.3, 0.4) is 0 Å². The molecular formula is C27H28O7. The predicted molar refractivity (Wildman–Crippen MR) is 126 cm³/mol. The van der Waals surface area contributed by atoms with Gasteiger partial charge in [0.1, 0.15) is 12.4 Å². The summed E-state index contributed by atoms with van der Waals surface area (Å²) in [5, 5.41) is 0. The lowest BCUT2D eigenvalue weighted by Crippen LogP contribution is -2.21. The summed E-state index contributed by atoms with van der Waals surface area (Å²) in [6.45, 7) is 3.04. The van der Waals surface area contributed by atoms with Gasteiger partial charge in [-0.05, 0) is 35.4 Å². The summed E-state index contributed by atoms with van der Waals surface area (Å²) in [5.74, 6) is 0.622. The van der Waals surface area contributed by atoms with Gasteiger partial charge in [-0.25, -0.2) is 0 Å². The lowest BCUT2D eigenvalue weighted by Gasteiger charge is -2.27. The molecule has 0 aliphatic heterocycles. The van der Waals surface area contributed by atoms with Crippen LogP contribution >= 0.6 is 0 Å². The Balaban J connectivity index is 1.90. The first-order valence-electron chi connectivity index (χ1n) is 10.7. The summed E-state index contributed by atoms with van der Waals surface area (Å²) in [5.41, 5.74) is 2.28. The third-order valence-corrected chi connectivity index (χ3v) is 5.05. The van der Waals surface area contributed by atoms with Crippen LogP contribution in [0.4, 0.5) is 0 Å². The summed E-state index contributed by atoms with van der Waals surface area (Å²) in [6, 6.07) is 22.1. The zero-order chi connectivity index (χ0) is 24.5. The van der Waals surface area contributed by atoms with Crippen molar-refractivity contribution in [3.05, 3.63) is 89.5 Å². The highest BCUT2D eigenvalue weighted by Gasteiger charge is 2.31. The average Bonchev–Trinajstić information content (AvgIpc) is 2.85. The Morgan fingerprint density at radius 2 is 1.26 bits per heavy atom. The molecule has 0 saturated heterocycles. The van der Waals surface area contributed by atoms with E-state index in [0.29, 0.717) is 35.0 Å². The van der Waals surface area contributed by atoms with Crippen LogP contribution in [-0.4, -0.2) is 26.2 Å². The molecule has 0 amide bonds. The van der Waals surface area contributed by atoms with Gasteiger partial charge in [0.25, 0.3) is 0 Å². The molecule has 2 atom stereocenters. The van der Waals surface area contributed by atoms with E-state index in [4.69, 9.17) is 23.7 Å². The topological polar surface area (TPSA) is 80.3 Å². The number of benzene rings is 3. The number of hydrogen-bond donors (Lipinski definition) is 0. The number of rotatable bonds is 10. The molecular weight excluding hydrogens is 436 g/mol. The Morgan fingerprint density at radius 3 is 1.82 bits per heavy atom. The molecule has 0 aromatic heterocycles. The highest BCUT2D eigenvalue weighted by molar-refractivity contribution is 5.68. The number of carbonyl (C=O) groups is 2. The van der Waals surface area contributed by atoms with E-state index in [2.05, 4.69) is 0 Å². The average molecular weight is 465 g/mol. The van der Waals surface area contributed by atoms with Crippen molar-refractivity contribution in [1.82, 2.24) is 0 Å². The molecule has 7 nitrogen and oxygen atoms in total. The number of carbonyl (C=O) groups excluding carboxylic acids is 2. The summed E-state index contributed by atoms with van der Waals surface area (Å²) in [6.07, 6.45) is -1.79. The second kappa shape index (κ2) is 11.7. The first kappa shape index (κ1) is 24.6. The molecule has 3 rings (SSSR count). The van der Waals surface area contributed by atoms with Gasteiger partial charge in [0.05, 0.1) is 14.2 Å². The lowest BCUT2D eigenvalue weighted by molar-refractivity contribution is -0.166. The van der Waals surface area contributed by atoms with Crippen molar-refractivity contribution < 1.29 is 33.3 Å². The van der Waals surface area contributed by atoms with Gasteiger partial charge in [-0.2, -0.15) is 0 Å². The van der Waals surface area contributed by atoms with E-state index >= 15 is 0 Å². The van der Waals surface area contributed by atoms with Gasteiger partial charge >= 0.3 is 11.9 Å². The summed E-state index contributed by atoms with van der Waals surface area (Å²) >= 11 is 0. The molecule has 3 aromatic rings. The van der Waals surface area contributed by atoms with Gasteiger partial charge in [-0.3, -0.25) is 9.59 Å². The van der Waals surface area contributed by atoms with Crippen molar-refractivity contribution in [2.45, 2.75) is 32.7 Å². The van der Waals surface area contributed by atoms with E-state index in [1.54, 1.807) is 42.5 Å². The van der Waals surface area contributed by atoms with Gasteiger partial charge in [0.2, 0.25) is 0 Å². The van der Waals surface area contributed by atoms with Gasteiger partial charge in [-0.1, -0.05) is 48.5 Å². The highest BCUT2D eigenvalue weighted by atomic mass is 16.6. The van der Waals surface area contributed by atoms with E-state index < -0.39 is 24.1 Å². The molecule has 2 unspecified atom stereocenters. The fourth-order valence-electron chi connectivity index (χ4n) is 3.49. The molecule has 178 valence electrons. The molecule has 0 saturated carbocycles. The Bertz CT molecular complexity index is 1090. The standard InChI is InChI=1S/C27H28O7/c1-18(28)33-26(21-10-13-23(14-11-21)32-17-20-8-6-5-7-9-20)27(34-19(2)29)22-12-15-24(30-3)25(16-22)31-4/h5-16,26-27H,17H2,1-4H3. The predicted octanol–water partition coefficient (Wildman–Crippen LogP) is 5.19. The van der Waals surface area contributed by atoms with E-state index in [1.807, 2.05) is 30.3 Å². The SMILES string of the molecule is COc1ccc(C(OC(C)=O)C(OC(C)=O)c2ccc(OCc3ccccc3)cc2)cc1OC. The second-order valence-corrected chi connectivity index (χ2v) is 7.52. The van der Waals surface area contributed by atoms with Crippen LogP contribution in [0.25, 0.3) is 0 Å². The van der Waals surface area contributed by atoms with Gasteiger partial charge < -0.3 is 23.7 Å². The fraction of sp³-hybridized carbons (Fsp3) is 0.259. The molecule has 0 aliphatic carbocycles. The number of esters is 2. The first-order valence-corrected chi connectivity index (χ1v) is 10.7. The van der Waals surface area contributed by atoms with Crippen LogP contribution in [-0.2, 0) is 25.7 Å². The molecule has 0 fully saturated rings. The minimum Gasteiger partial charge on any atom is -0.493 e. The van der Waals surface area contributed by atoms with Crippen LogP contribution in [0.2, 0.25) is 0 Å². The van der Waals surface area contributed by atoms with E-state index in [0.717, 1.165) is 5.56 Å². The Kier molecular flexibility index (Phi) is 8.51. The van der Waals surface area contributed by atoms with Gasteiger partial charge in [0, 0.05) is 19.4 Å². The smallest absolute Gasteiger partial charge is 0.303 e. The van der Waals surface area contributed by atoms with Crippen molar-refractivity contribution in [1.29, 1.82) is 0 Å². The monoisotopic (exact) mass is 464 g/mol. The molecule has 0 heterocycles. The van der Waals surface area contributed by atoms with Crippen LogP contribution in [0.1, 0.15) is 42.7 Å². The van der Waals surface area contributed by atoms with Crippen LogP contribution in [0, 0.1) is 0 Å². The Morgan fingerprint density at radius 1 is 0.706 bits per heavy atom. The molecule has 0 bridgehead atoms. The van der Waals surface area contributed by atoms with E-state index in [1.165, 1.54) is 28.1 Å². The molecule has 0 radical (unpaired) electrons. The van der Waals surface area contributed by atoms with Crippen molar-refractivity contribution in [2.75, 3.05) is 14.2 Å². The summed E-state index contributed by atoms with van der Waals surface area (Å²) < 4.78 is 27.8. The minimum atomic E-state index is -0.905. The summed E-state index contributed by atoms with van der Waals surface area (Å²) in [4.78, 5) is 23.9. The van der Waals surface area contributed by atoms with Crippen molar-refractivity contribution in [3.8, 4) is 17.2 Å². The highest BCUT2D eigenvalue weighted by Crippen LogP contribution is 2.39. The van der Waals surface area contributed by atoms with Crippen LogP contribution in [0.15, 0.2) is 72.8 Å². The second-order valence-electron chi connectivity index (χ2n) is 7.52. The van der Waals surface area contributed by atoms with Gasteiger partial charge in [0.15, 0.2) is 23.7 Å². The molecule has 7 heteroatoms. The van der Waals surface area contributed by atoms with Crippen molar-refractivity contribution >= 4 is 11.9 Å². The van der Waals surface area contributed by atoms with Crippen LogP contribution < -0.4 is 14.2 Å². The van der Waals surface area contributed by atoms with Crippen molar-refractivity contribution in [2.24, 2.45) is 0 Å². The van der Waals surface area contributed by atoms with Crippen molar-refractivity contribution in [3.63, 3.8) is 0 Å². The van der Waals surface area contributed by atoms with Gasteiger partial charge in [-0.15, -0.1) is 0 Å². The zero-order valence-corrected chi connectivity index (χ0v) is 19.6. The lowest BCUT2D eigenvalue weighted by atomic mass is 9.97. The zero-order valence-electron chi connectivity index (χ0n) is 19.6. The largest absolute Gasteiger partial charge is 0.493 e.